The number of anilines is 2. The molecular weight excluding hydrogens is 556 g/mol. The number of nitrogens with one attached hydrogen (secondary N) is 2. The summed E-state index contributed by atoms with van der Waals surface area (Å²) in [7, 11) is 0. The molecule has 40 heavy (non-hydrogen) atoms. The van der Waals surface area contributed by atoms with Gasteiger partial charge in [-0.2, -0.15) is 0 Å². The zero-order chi connectivity index (χ0) is 28.2. The lowest BCUT2D eigenvalue weighted by Gasteiger charge is -2.15. The van der Waals surface area contributed by atoms with Crippen LogP contribution in [0.3, 0.4) is 0 Å². The van der Waals surface area contributed by atoms with Gasteiger partial charge in [0.2, 0.25) is 0 Å². The van der Waals surface area contributed by atoms with Crippen molar-refractivity contribution in [1.82, 2.24) is 10.4 Å². The Kier molecular flexibility index (Phi) is 7.80. The van der Waals surface area contributed by atoms with Crippen LogP contribution in [0.4, 0.5) is 19.6 Å². The maximum absolute atomic E-state index is 13.3. The molecule has 0 saturated carbocycles. The van der Waals surface area contributed by atoms with Crippen molar-refractivity contribution in [2.24, 2.45) is 5.10 Å². The molecule has 3 aromatic carbocycles. The fourth-order valence-corrected chi connectivity index (χ4v) is 5.44. The third-order valence-electron chi connectivity index (χ3n) is 5.57. The number of nitrogens with zero attached hydrogens (tertiary/aromatic N) is 3. The molecule has 0 atom stereocenters. The Morgan fingerprint density at radius 3 is 2.25 bits per heavy atom. The summed E-state index contributed by atoms with van der Waals surface area (Å²) in [5.41, 5.74) is 4.25. The minimum absolute atomic E-state index is 0.186. The van der Waals surface area contributed by atoms with Crippen molar-refractivity contribution in [2.45, 2.75) is 6.92 Å². The second kappa shape index (κ2) is 11.6. The fourth-order valence-electron chi connectivity index (χ4n) is 3.64. The maximum atomic E-state index is 13.3. The second-order valence-electron chi connectivity index (χ2n) is 8.37. The van der Waals surface area contributed by atoms with E-state index in [1.165, 1.54) is 41.3 Å². The number of hydrogen-bond donors (Lipinski definition) is 2. The minimum Gasteiger partial charge on any atom is -0.298 e. The first-order valence-electron chi connectivity index (χ1n) is 11.8. The van der Waals surface area contributed by atoms with Gasteiger partial charge in [-0.15, -0.1) is 5.10 Å². The SMILES string of the molecule is Cc1nc(NC(=O)c2ccc(F)cc2)sc1C(=O)N/N=C1/S/C(=C/c2ccc(F)cc2)C(=O)N1c1ccccc1. The highest BCUT2D eigenvalue weighted by atomic mass is 32.2. The number of amides is 3. The molecule has 3 amide bonds. The van der Waals surface area contributed by atoms with Crippen LogP contribution in [0.15, 0.2) is 88.9 Å². The van der Waals surface area contributed by atoms with Gasteiger partial charge in [0.05, 0.1) is 16.3 Å². The van der Waals surface area contributed by atoms with E-state index in [0.717, 1.165) is 23.1 Å². The average molecular weight is 576 g/mol. The highest BCUT2D eigenvalue weighted by molar-refractivity contribution is 8.19. The number of halogens is 2. The summed E-state index contributed by atoms with van der Waals surface area (Å²) in [6.45, 7) is 1.61. The van der Waals surface area contributed by atoms with Gasteiger partial charge in [-0.25, -0.2) is 19.2 Å². The van der Waals surface area contributed by atoms with Crippen LogP contribution in [0.2, 0.25) is 0 Å². The number of para-hydroxylation sites is 1. The van der Waals surface area contributed by atoms with Gasteiger partial charge in [-0.3, -0.25) is 24.6 Å². The molecule has 1 aliphatic heterocycles. The van der Waals surface area contributed by atoms with E-state index in [4.69, 9.17) is 0 Å². The minimum atomic E-state index is -0.582. The summed E-state index contributed by atoms with van der Waals surface area (Å²) in [5.74, 6) is -2.29. The predicted octanol–water partition coefficient (Wildman–Crippen LogP) is 5.80. The number of carbonyl (C=O) groups excluding carboxylic acids is 3. The lowest BCUT2D eigenvalue weighted by molar-refractivity contribution is -0.113. The number of benzene rings is 3. The molecule has 0 radical (unpaired) electrons. The normalized spacial score (nSPS) is 15.1. The van der Waals surface area contributed by atoms with Crippen molar-refractivity contribution in [2.75, 3.05) is 10.2 Å². The Bertz CT molecular complexity index is 1650. The average Bonchev–Trinajstić information content (AvgIpc) is 3.47. The quantitative estimate of drug-likeness (QED) is 0.223. The first-order chi connectivity index (χ1) is 19.3. The van der Waals surface area contributed by atoms with Gasteiger partial charge in [0.1, 0.15) is 16.5 Å². The summed E-state index contributed by atoms with van der Waals surface area (Å²) in [6, 6.07) is 19.6. The molecule has 5 rings (SSSR count). The molecule has 0 unspecified atom stereocenters. The van der Waals surface area contributed by atoms with Crippen LogP contribution in [0, 0.1) is 18.6 Å². The molecular formula is C28H19F2N5O3S2. The Balaban J connectivity index is 1.36. The van der Waals surface area contributed by atoms with Gasteiger partial charge >= 0.3 is 0 Å². The van der Waals surface area contributed by atoms with Crippen LogP contribution in [-0.2, 0) is 4.79 Å². The van der Waals surface area contributed by atoms with Crippen molar-refractivity contribution in [3.05, 3.63) is 117 Å². The van der Waals surface area contributed by atoms with Crippen LogP contribution in [-0.4, -0.2) is 27.9 Å². The number of thiazole rings is 1. The Morgan fingerprint density at radius 2 is 1.57 bits per heavy atom. The van der Waals surface area contributed by atoms with E-state index in [1.807, 2.05) is 6.07 Å². The third-order valence-corrected chi connectivity index (χ3v) is 7.61. The van der Waals surface area contributed by atoms with Gasteiger partial charge in [0.15, 0.2) is 10.3 Å². The number of hydrogen-bond acceptors (Lipinski definition) is 7. The number of thioether (sulfide) groups is 1. The van der Waals surface area contributed by atoms with Crippen molar-refractivity contribution in [3.63, 3.8) is 0 Å². The van der Waals surface area contributed by atoms with Crippen molar-refractivity contribution in [3.8, 4) is 0 Å². The van der Waals surface area contributed by atoms with Crippen molar-refractivity contribution < 1.29 is 23.2 Å². The van der Waals surface area contributed by atoms with E-state index in [1.54, 1.807) is 49.4 Å². The molecule has 0 bridgehead atoms. The van der Waals surface area contributed by atoms with Crippen LogP contribution >= 0.6 is 23.1 Å². The Labute approximate surface area is 235 Å². The first kappa shape index (κ1) is 26.9. The predicted molar refractivity (Wildman–Crippen MR) is 152 cm³/mol. The second-order valence-corrected chi connectivity index (χ2v) is 10.4. The highest BCUT2D eigenvalue weighted by Gasteiger charge is 2.35. The van der Waals surface area contributed by atoms with E-state index in [-0.39, 0.29) is 32.5 Å². The number of aryl methyl sites for hydroxylation is 1. The molecule has 0 aliphatic carbocycles. The molecule has 8 nitrogen and oxygen atoms in total. The summed E-state index contributed by atoms with van der Waals surface area (Å²) in [6.07, 6.45) is 1.62. The molecule has 4 aromatic rings. The topological polar surface area (TPSA) is 104 Å². The van der Waals surface area contributed by atoms with E-state index in [0.29, 0.717) is 21.8 Å². The summed E-state index contributed by atoms with van der Waals surface area (Å²) in [4.78, 5) is 44.9. The smallest absolute Gasteiger partial charge is 0.283 e. The largest absolute Gasteiger partial charge is 0.298 e. The highest BCUT2D eigenvalue weighted by Crippen LogP contribution is 2.36. The molecule has 1 saturated heterocycles. The zero-order valence-electron chi connectivity index (χ0n) is 20.7. The summed E-state index contributed by atoms with van der Waals surface area (Å²) in [5, 5.41) is 7.22. The number of amidine groups is 1. The third kappa shape index (κ3) is 5.98. The van der Waals surface area contributed by atoms with E-state index >= 15 is 0 Å². The van der Waals surface area contributed by atoms with Gasteiger partial charge < -0.3 is 0 Å². The molecule has 200 valence electrons. The fraction of sp³-hybridized carbons (Fsp3) is 0.0357. The number of rotatable bonds is 6. The molecule has 1 fully saturated rings. The number of hydrazone groups is 1. The number of aromatic nitrogens is 1. The van der Waals surface area contributed by atoms with E-state index in [9.17, 15) is 23.2 Å². The van der Waals surface area contributed by atoms with Crippen LogP contribution < -0.4 is 15.6 Å². The molecule has 1 aliphatic rings. The zero-order valence-corrected chi connectivity index (χ0v) is 22.4. The molecule has 2 heterocycles. The molecule has 2 N–H and O–H groups in total. The van der Waals surface area contributed by atoms with Crippen LogP contribution in [0.1, 0.15) is 31.3 Å². The van der Waals surface area contributed by atoms with Gasteiger partial charge in [-0.05, 0) is 78.9 Å². The number of carbonyl (C=O) groups is 3. The monoisotopic (exact) mass is 575 g/mol. The van der Waals surface area contributed by atoms with Crippen molar-refractivity contribution >= 4 is 62.9 Å². The summed E-state index contributed by atoms with van der Waals surface area (Å²) < 4.78 is 26.5. The van der Waals surface area contributed by atoms with Crippen LogP contribution in [0.25, 0.3) is 6.08 Å². The van der Waals surface area contributed by atoms with Gasteiger partial charge in [0.25, 0.3) is 17.7 Å². The van der Waals surface area contributed by atoms with E-state index in [2.05, 4.69) is 20.8 Å². The molecule has 1 aromatic heterocycles. The molecule has 12 heteroatoms. The lowest BCUT2D eigenvalue weighted by Crippen LogP contribution is -2.31. The molecule has 0 spiro atoms. The standard InChI is InChI=1S/C28H19F2N5O3S2/c1-16-23(40-27(31-16)32-24(36)18-9-13-20(30)14-10-18)25(37)33-34-28-35(21-5-3-2-4-6-21)26(38)22(39-28)15-17-7-11-19(29)12-8-17/h2-15H,1H3,(H,33,37)(H,31,32,36)/b22-15+,34-28+. The summed E-state index contributed by atoms with van der Waals surface area (Å²) >= 11 is 2.01. The van der Waals surface area contributed by atoms with E-state index < -0.39 is 17.6 Å². The van der Waals surface area contributed by atoms with Gasteiger partial charge in [-0.1, -0.05) is 41.7 Å². The van der Waals surface area contributed by atoms with Crippen LogP contribution in [0.5, 0.6) is 0 Å². The Morgan fingerprint density at radius 1 is 0.925 bits per heavy atom. The van der Waals surface area contributed by atoms with Crippen molar-refractivity contribution in [1.29, 1.82) is 0 Å². The lowest BCUT2D eigenvalue weighted by atomic mass is 10.2. The van der Waals surface area contributed by atoms with Gasteiger partial charge in [0, 0.05) is 5.56 Å². The first-order valence-corrected chi connectivity index (χ1v) is 13.4. The maximum Gasteiger partial charge on any atom is 0.283 e. The Hall–Kier alpha value is -4.68.